The fourth-order valence-electron chi connectivity index (χ4n) is 4.71. The zero-order valence-electron chi connectivity index (χ0n) is 22.5. The number of hydrogen-bond donors (Lipinski definition) is 1. The molecule has 0 bridgehead atoms. The van der Waals surface area contributed by atoms with Crippen LogP contribution in [-0.4, -0.2) is 57.3 Å². The number of non-ortho nitro benzene ring substituents is 1. The summed E-state index contributed by atoms with van der Waals surface area (Å²) in [6.45, 7) is 5.52. The highest BCUT2D eigenvalue weighted by Gasteiger charge is 2.48. The summed E-state index contributed by atoms with van der Waals surface area (Å²) >= 11 is 0. The van der Waals surface area contributed by atoms with Crippen LogP contribution in [0.2, 0.25) is 0 Å². The first-order valence-corrected chi connectivity index (χ1v) is 12.7. The zero-order chi connectivity index (χ0) is 29.0. The van der Waals surface area contributed by atoms with E-state index in [1.807, 2.05) is 51.1 Å². The van der Waals surface area contributed by atoms with Crippen LogP contribution in [0.5, 0.6) is 11.5 Å². The standard InChI is InChI=1S/C29H31N3O8/c1-18(2)30-19(3)26(21-8-6-5-7-9-21)40-29(35)31(30)28(34)27(39-24-16-14-23(38-4)15-17-24)25(33)20-10-12-22(13-11-20)32(36)37/h5-19,25-27,33H,1-4H3/t19-,25+,26-,27-/m0/s1. The number of cyclic esters (lactones) is 1. The number of hydrogen-bond acceptors (Lipinski definition) is 9. The molecule has 3 aromatic carbocycles. The summed E-state index contributed by atoms with van der Waals surface area (Å²) in [4.78, 5) is 38.0. The molecule has 210 valence electrons. The highest BCUT2D eigenvalue weighted by molar-refractivity contribution is 5.95. The number of carbonyl (C=O) groups excluding carboxylic acids is 2. The molecule has 40 heavy (non-hydrogen) atoms. The predicted molar refractivity (Wildman–Crippen MR) is 144 cm³/mol. The van der Waals surface area contributed by atoms with Crippen molar-refractivity contribution in [3.05, 3.63) is 100 Å². The minimum Gasteiger partial charge on any atom is -0.497 e. The summed E-state index contributed by atoms with van der Waals surface area (Å²) in [5.41, 5.74) is 0.786. The van der Waals surface area contributed by atoms with Crippen LogP contribution in [0.1, 0.15) is 44.1 Å². The van der Waals surface area contributed by atoms with Gasteiger partial charge in [-0.3, -0.25) is 14.9 Å². The Bertz CT molecular complexity index is 1330. The second-order valence-electron chi connectivity index (χ2n) is 9.59. The lowest BCUT2D eigenvalue weighted by molar-refractivity contribution is -0.384. The third-order valence-electron chi connectivity index (χ3n) is 6.65. The van der Waals surface area contributed by atoms with Crippen molar-refractivity contribution in [2.75, 3.05) is 7.11 Å². The van der Waals surface area contributed by atoms with Crippen molar-refractivity contribution in [2.45, 2.75) is 51.2 Å². The Hall–Kier alpha value is -4.48. The van der Waals surface area contributed by atoms with Gasteiger partial charge in [-0.1, -0.05) is 30.3 Å². The van der Waals surface area contributed by atoms with Gasteiger partial charge in [-0.15, -0.1) is 0 Å². The van der Waals surface area contributed by atoms with Crippen LogP contribution in [0, 0.1) is 10.1 Å². The van der Waals surface area contributed by atoms with E-state index in [0.717, 1.165) is 10.6 Å². The molecule has 11 nitrogen and oxygen atoms in total. The Kier molecular flexibility index (Phi) is 8.66. The van der Waals surface area contributed by atoms with E-state index >= 15 is 0 Å². The SMILES string of the molecule is COc1ccc(O[C@H](C(=O)N2C(=O)O[C@H](c3ccccc3)[C@H](C)N2C(C)C)[C@H](O)c2ccc([N+](=O)[O-])cc2)cc1. The fourth-order valence-corrected chi connectivity index (χ4v) is 4.71. The van der Waals surface area contributed by atoms with Crippen molar-refractivity contribution in [2.24, 2.45) is 0 Å². The van der Waals surface area contributed by atoms with Crippen molar-refractivity contribution < 1.29 is 33.8 Å². The summed E-state index contributed by atoms with van der Waals surface area (Å²) in [5, 5.41) is 24.9. The van der Waals surface area contributed by atoms with E-state index in [-0.39, 0.29) is 23.0 Å². The number of aliphatic hydroxyl groups excluding tert-OH is 1. The Morgan fingerprint density at radius 2 is 1.60 bits per heavy atom. The highest BCUT2D eigenvalue weighted by atomic mass is 16.6. The van der Waals surface area contributed by atoms with Crippen LogP contribution >= 0.6 is 0 Å². The van der Waals surface area contributed by atoms with Gasteiger partial charge in [0.2, 0.25) is 6.10 Å². The molecule has 4 atom stereocenters. The summed E-state index contributed by atoms with van der Waals surface area (Å²) in [7, 11) is 1.51. The Balaban J connectivity index is 1.70. The first kappa shape index (κ1) is 28.5. The minimum atomic E-state index is -1.61. The fraction of sp³-hybridized carbons (Fsp3) is 0.310. The molecule has 1 aliphatic rings. The lowest BCUT2D eigenvalue weighted by atomic mass is 10.0. The van der Waals surface area contributed by atoms with Crippen LogP contribution in [0.15, 0.2) is 78.9 Å². The summed E-state index contributed by atoms with van der Waals surface area (Å²) in [6, 6.07) is 19.9. The maximum Gasteiger partial charge on any atom is 0.432 e. The summed E-state index contributed by atoms with van der Waals surface area (Å²) in [5.74, 6) is -0.0759. The number of methoxy groups -OCH3 is 1. The van der Waals surface area contributed by atoms with E-state index in [4.69, 9.17) is 14.2 Å². The Morgan fingerprint density at radius 1 is 1.00 bits per heavy atom. The first-order valence-electron chi connectivity index (χ1n) is 12.7. The lowest BCUT2D eigenvalue weighted by Gasteiger charge is -2.47. The van der Waals surface area contributed by atoms with Gasteiger partial charge >= 0.3 is 6.09 Å². The smallest absolute Gasteiger partial charge is 0.432 e. The molecule has 0 aliphatic carbocycles. The lowest BCUT2D eigenvalue weighted by Crippen LogP contribution is -2.64. The van der Waals surface area contributed by atoms with Crippen molar-refractivity contribution in [3.63, 3.8) is 0 Å². The number of rotatable bonds is 9. The number of aliphatic hydroxyl groups is 1. The summed E-state index contributed by atoms with van der Waals surface area (Å²) < 4.78 is 16.9. The van der Waals surface area contributed by atoms with Crippen molar-refractivity contribution >= 4 is 17.7 Å². The number of carbonyl (C=O) groups is 2. The van der Waals surface area contributed by atoms with E-state index in [9.17, 15) is 24.8 Å². The average Bonchev–Trinajstić information content (AvgIpc) is 2.96. The molecule has 0 saturated carbocycles. The molecule has 0 unspecified atom stereocenters. The van der Waals surface area contributed by atoms with E-state index in [1.54, 1.807) is 29.3 Å². The van der Waals surface area contributed by atoms with Crippen LogP contribution in [0.25, 0.3) is 0 Å². The van der Waals surface area contributed by atoms with Gasteiger partial charge in [0.1, 0.15) is 23.7 Å². The van der Waals surface area contributed by atoms with Crippen molar-refractivity contribution in [3.8, 4) is 11.5 Å². The third kappa shape index (κ3) is 5.90. The molecule has 1 heterocycles. The number of ether oxygens (including phenoxy) is 3. The average molecular weight is 550 g/mol. The molecular formula is C29H31N3O8. The van der Waals surface area contributed by atoms with Crippen LogP contribution < -0.4 is 9.47 Å². The molecule has 1 saturated heterocycles. The van der Waals surface area contributed by atoms with Crippen LogP contribution in [0.3, 0.4) is 0 Å². The predicted octanol–water partition coefficient (Wildman–Crippen LogP) is 4.82. The van der Waals surface area contributed by atoms with Gasteiger partial charge in [-0.05, 0) is 68.3 Å². The minimum absolute atomic E-state index is 0.179. The van der Waals surface area contributed by atoms with E-state index in [2.05, 4.69) is 0 Å². The van der Waals surface area contributed by atoms with Crippen molar-refractivity contribution in [1.82, 2.24) is 10.0 Å². The normalized spacial score (nSPS) is 19.1. The molecule has 1 N–H and O–H groups in total. The third-order valence-corrected chi connectivity index (χ3v) is 6.65. The monoisotopic (exact) mass is 549 g/mol. The molecule has 1 fully saturated rings. The van der Waals surface area contributed by atoms with Crippen LogP contribution in [0.4, 0.5) is 10.5 Å². The number of imide groups is 1. The van der Waals surface area contributed by atoms with E-state index in [0.29, 0.717) is 5.75 Å². The van der Waals surface area contributed by atoms with Gasteiger partial charge < -0.3 is 19.3 Å². The maximum absolute atomic E-state index is 14.1. The topological polar surface area (TPSA) is 132 Å². The molecule has 1 aliphatic heterocycles. The molecule has 0 spiro atoms. The first-order chi connectivity index (χ1) is 19.1. The number of amides is 2. The number of benzene rings is 3. The van der Waals surface area contributed by atoms with Gasteiger partial charge in [0.25, 0.3) is 11.6 Å². The number of nitro groups is 1. The van der Waals surface area contributed by atoms with E-state index < -0.39 is 41.3 Å². The van der Waals surface area contributed by atoms with Gasteiger partial charge in [0.15, 0.2) is 0 Å². The second-order valence-corrected chi connectivity index (χ2v) is 9.59. The van der Waals surface area contributed by atoms with E-state index in [1.165, 1.54) is 31.4 Å². The van der Waals surface area contributed by atoms with Gasteiger partial charge in [-0.2, -0.15) is 10.0 Å². The molecule has 0 radical (unpaired) electrons. The Morgan fingerprint density at radius 3 is 2.15 bits per heavy atom. The molecule has 3 aromatic rings. The van der Waals surface area contributed by atoms with Crippen molar-refractivity contribution in [1.29, 1.82) is 0 Å². The van der Waals surface area contributed by atoms with Crippen LogP contribution in [-0.2, 0) is 9.53 Å². The molecule has 11 heteroatoms. The summed E-state index contributed by atoms with van der Waals surface area (Å²) in [6.07, 6.45) is -4.74. The second kappa shape index (κ2) is 12.1. The highest BCUT2D eigenvalue weighted by Crippen LogP contribution is 2.35. The molecule has 0 aromatic heterocycles. The zero-order valence-corrected chi connectivity index (χ0v) is 22.5. The van der Waals surface area contributed by atoms with Gasteiger partial charge in [0.05, 0.1) is 18.1 Å². The largest absolute Gasteiger partial charge is 0.497 e. The Labute approximate surface area is 231 Å². The maximum atomic E-state index is 14.1. The number of nitrogens with zero attached hydrogens (tertiary/aromatic N) is 3. The number of nitro benzene ring substituents is 1. The van der Waals surface area contributed by atoms with Gasteiger partial charge in [0, 0.05) is 18.2 Å². The molecular weight excluding hydrogens is 518 g/mol. The quantitative estimate of drug-likeness (QED) is 0.295. The molecule has 4 rings (SSSR count). The van der Waals surface area contributed by atoms with Gasteiger partial charge in [-0.25, -0.2) is 4.79 Å². The molecule has 2 amide bonds. The number of hydrazine groups is 1.